The first-order chi connectivity index (χ1) is 11.5. The van der Waals surface area contributed by atoms with E-state index < -0.39 is 0 Å². The Hall–Kier alpha value is -2.58. The molecule has 0 aliphatic carbocycles. The highest BCUT2D eigenvalue weighted by atomic mass is 32.1. The summed E-state index contributed by atoms with van der Waals surface area (Å²) in [4.78, 5) is 34.5. The first kappa shape index (κ1) is 16.3. The zero-order chi connectivity index (χ0) is 17.1. The van der Waals surface area contributed by atoms with Crippen molar-refractivity contribution in [1.29, 1.82) is 0 Å². The summed E-state index contributed by atoms with van der Waals surface area (Å²) >= 11 is 2.82. The standard InChI is InChI=1S/C16H14N4O2S2/c1-9-7-17-15(23-9)19-13(21)11-3-5-12(6-4-11)14(22)20-16-18-8-10(2)24-16/h3-8H,1-2H3,(H,17,19,21)(H,18,20,22). The first-order valence-electron chi connectivity index (χ1n) is 7.09. The number of benzene rings is 1. The maximum absolute atomic E-state index is 12.1. The largest absolute Gasteiger partial charge is 0.298 e. The summed E-state index contributed by atoms with van der Waals surface area (Å²) in [7, 11) is 0. The Morgan fingerprint density at radius 2 is 1.17 bits per heavy atom. The molecule has 2 amide bonds. The summed E-state index contributed by atoms with van der Waals surface area (Å²) < 4.78 is 0. The number of nitrogens with zero attached hydrogens (tertiary/aromatic N) is 2. The van der Waals surface area contributed by atoms with Crippen LogP contribution in [0.2, 0.25) is 0 Å². The van der Waals surface area contributed by atoms with Gasteiger partial charge in [0.2, 0.25) is 0 Å². The molecule has 2 heterocycles. The van der Waals surface area contributed by atoms with Gasteiger partial charge in [-0.05, 0) is 38.1 Å². The minimum Gasteiger partial charge on any atom is -0.298 e. The topological polar surface area (TPSA) is 84.0 Å². The molecule has 0 aliphatic heterocycles. The van der Waals surface area contributed by atoms with Crippen molar-refractivity contribution in [3.05, 3.63) is 57.5 Å². The Bertz CT molecular complexity index is 810. The second-order valence-corrected chi connectivity index (χ2v) is 7.51. The molecule has 0 bridgehead atoms. The molecule has 0 fully saturated rings. The van der Waals surface area contributed by atoms with Crippen molar-refractivity contribution in [3.8, 4) is 0 Å². The molecule has 0 saturated heterocycles. The van der Waals surface area contributed by atoms with Gasteiger partial charge in [-0.15, -0.1) is 22.7 Å². The fourth-order valence-corrected chi connectivity index (χ4v) is 3.26. The molecular formula is C16H14N4O2S2. The van der Waals surface area contributed by atoms with Gasteiger partial charge in [0.05, 0.1) is 0 Å². The van der Waals surface area contributed by atoms with E-state index in [1.54, 1.807) is 36.7 Å². The number of carbonyl (C=O) groups is 2. The van der Waals surface area contributed by atoms with Crippen LogP contribution in [-0.4, -0.2) is 21.8 Å². The van der Waals surface area contributed by atoms with E-state index >= 15 is 0 Å². The molecule has 0 aliphatic rings. The molecule has 0 unspecified atom stereocenters. The van der Waals surface area contributed by atoms with Gasteiger partial charge in [0, 0.05) is 33.3 Å². The van der Waals surface area contributed by atoms with Gasteiger partial charge in [-0.25, -0.2) is 9.97 Å². The Labute approximate surface area is 146 Å². The van der Waals surface area contributed by atoms with Crippen LogP contribution in [0.1, 0.15) is 30.5 Å². The smallest absolute Gasteiger partial charge is 0.257 e. The molecule has 3 rings (SSSR count). The van der Waals surface area contributed by atoms with Crippen LogP contribution < -0.4 is 10.6 Å². The summed E-state index contributed by atoms with van der Waals surface area (Å²) in [6, 6.07) is 6.44. The maximum Gasteiger partial charge on any atom is 0.257 e. The van der Waals surface area contributed by atoms with E-state index in [9.17, 15) is 9.59 Å². The van der Waals surface area contributed by atoms with E-state index in [1.807, 2.05) is 13.8 Å². The third-order valence-corrected chi connectivity index (χ3v) is 4.75. The number of amides is 2. The minimum atomic E-state index is -0.258. The Morgan fingerprint density at radius 3 is 1.46 bits per heavy atom. The number of rotatable bonds is 4. The van der Waals surface area contributed by atoms with Crippen LogP contribution in [0.3, 0.4) is 0 Å². The lowest BCUT2D eigenvalue weighted by molar-refractivity contribution is 0.101. The van der Waals surface area contributed by atoms with Crippen LogP contribution in [0, 0.1) is 13.8 Å². The van der Waals surface area contributed by atoms with Crippen molar-refractivity contribution in [2.24, 2.45) is 0 Å². The number of nitrogens with one attached hydrogen (secondary N) is 2. The molecule has 6 nitrogen and oxygen atoms in total. The van der Waals surface area contributed by atoms with Crippen LogP contribution >= 0.6 is 22.7 Å². The van der Waals surface area contributed by atoms with Gasteiger partial charge in [0.25, 0.3) is 11.8 Å². The van der Waals surface area contributed by atoms with Gasteiger partial charge >= 0.3 is 0 Å². The molecule has 0 saturated carbocycles. The Morgan fingerprint density at radius 1 is 0.792 bits per heavy atom. The second kappa shape index (κ2) is 6.90. The molecular weight excluding hydrogens is 344 g/mol. The number of thiazole rings is 2. The third kappa shape index (κ3) is 3.84. The molecule has 24 heavy (non-hydrogen) atoms. The molecule has 2 aromatic heterocycles. The number of aryl methyl sites for hydroxylation is 2. The van der Waals surface area contributed by atoms with E-state index in [2.05, 4.69) is 20.6 Å². The number of hydrogen-bond donors (Lipinski definition) is 2. The summed E-state index contributed by atoms with van der Waals surface area (Å²) in [6.45, 7) is 3.84. The average molecular weight is 358 g/mol. The predicted octanol–water partition coefficient (Wildman–Crippen LogP) is 3.72. The zero-order valence-electron chi connectivity index (χ0n) is 13.0. The van der Waals surface area contributed by atoms with Gasteiger partial charge in [-0.2, -0.15) is 0 Å². The summed E-state index contributed by atoms with van der Waals surface area (Å²) in [5.41, 5.74) is 0.925. The lowest BCUT2D eigenvalue weighted by Gasteiger charge is -2.04. The SMILES string of the molecule is Cc1cnc(NC(=O)c2ccc(C(=O)Nc3ncc(C)s3)cc2)s1. The fraction of sp³-hybridized carbons (Fsp3) is 0.125. The minimum absolute atomic E-state index is 0.258. The monoisotopic (exact) mass is 358 g/mol. The molecule has 122 valence electrons. The van der Waals surface area contributed by atoms with Gasteiger partial charge in [0.1, 0.15) is 0 Å². The van der Waals surface area contributed by atoms with E-state index in [0.29, 0.717) is 21.4 Å². The fourth-order valence-electron chi connectivity index (χ4n) is 1.94. The summed E-state index contributed by atoms with van der Waals surface area (Å²) in [5, 5.41) is 6.57. The highest BCUT2D eigenvalue weighted by Gasteiger charge is 2.11. The van der Waals surface area contributed by atoms with Crippen LogP contribution in [0.5, 0.6) is 0 Å². The van der Waals surface area contributed by atoms with Gasteiger partial charge in [0.15, 0.2) is 10.3 Å². The van der Waals surface area contributed by atoms with Crippen LogP contribution in [0.4, 0.5) is 10.3 Å². The van der Waals surface area contributed by atoms with E-state index in [4.69, 9.17) is 0 Å². The number of hydrogen-bond acceptors (Lipinski definition) is 6. The van der Waals surface area contributed by atoms with Crippen molar-refractivity contribution < 1.29 is 9.59 Å². The first-order valence-corrected chi connectivity index (χ1v) is 8.72. The molecule has 0 atom stereocenters. The van der Waals surface area contributed by atoms with Gasteiger partial charge in [-0.1, -0.05) is 0 Å². The summed E-state index contributed by atoms with van der Waals surface area (Å²) in [5.74, 6) is -0.515. The van der Waals surface area contributed by atoms with Crippen molar-refractivity contribution >= 4 is 44.8 Å². The van der Waals surface area contributed by atoms with Gasteiger partial charge in [-0.3, -0.25) is 20.2 Å². The molecule has 1 aromatic carbocycles. The number of carbonyl (C=O) groups excluding carboxylic acids is 2. The third-order valence-electron chi connectivity index (χ3n) is 3.09. The van der Waals surface area contributed by atoms with Crippen molar-refractivity contribution in [3.63, 3.8) is 0 Å². The second-order valence-electron chi connectivity index (χ2n) is 5.04. The predicted molar refractivity (Wildman–Crippen MR) is 96.1 cm³/mol. The maximum atomic E-state index is 12.1. The molecule has 8 heteroatoms. The highest BCUT2D eigenvalue weighted by molar-refractivity contribution is 7.16. The normalized spacial score (nSPS) is 10.4. The van der Waals surface area contributed by atoms with Crippen LogP contribution in [0.25, 0.3) is 0 Å². The molecule has 0 radical (unpaired) electrons. The van der Waals surface area contributed by atoms with Crippen LogP contribution in [0.15, 0.2) is 36.7 Å². The average Bonchev–Trinajstić information content (AvgIpc) is 3.15. The zero-order valence-corrected chi connectivity index (χ0v) is 14.6. The lowest BCUT2D eigenvalue weighted by Crippen LogP contribution is -2.14. The highest BCUT2D eigenvalue weighted by Crippen LogP contribution is 2.19. The molecule has 0 spiro atoms. The van der Waals surface area contributed by atoms with Crippen molar-refractivity contribution in [2.75, 3.05) is 10.6 Å². The lowest BCUT2D eigenvalue weighted by atomic mass is 10.1. The van der Waals surface area contributed by atoms with E-state index in [-0.39, 0.29) is 11.8 Å². The number of aromatic nitrogens is 2. The van der Waals surface area contributed by atoms with Crippen molar-refractivity contribution in [1.82, 2.24) is 9.97 Å². The van der Waals surface area contributed by atoms with E-state index in [1.165, 1.54) is 22.7 Å². The Kier molecular flexibility index (Phi) is 4.68. The van der Waals surface area contributed by atoms with E-state index in [0.717, 1.165) is 9.75 Å². The number of anilines is 2. The quantitative estimate of drug-likeness (QED) is 0.744. The molecule has 3 aromatic rings. The van der Waals surface area contributed by atoms with Crippen molar-refractivity contribution in [2.45, 2.75) is 13.8 Å². The summed E-state index contributed by atoms with van der Waals surface area (Å²) in [6.07, 6.45) is 3.40. The van der Waals surface area contributed by atoms with Gasteiger partial charge < -0.3 is 0 Å². The van der Waals surface area contributed by atoms with Crippen LogP contribution in [-0.2, 0) is 0 Å². The Balaban J connectivity index is 1.66. The molecule has 2 N–H and O–H groups in total.